The average Bonchev–Trinajstić information content (AvgIpc) is 2.53. The maximum absolute atomic E-state index is 11.0. The third kappa shape index (κ3) is 5.81. The van der Waals surface area contributed by atoms with Crippen molar-refractivity contribution in [3.05, 3.63) is 56.6 Å². The number of carbonyl (C=O) groups excluding carboxylic acids is 1. The Morgan fingerprint density at radius 2 is 1.54 bits per heavy atom. The number of hydrogen-bond acceptors (Lipinski definition) is 5. The van der Waals surface area contributed by atoms with Gasteiger partial charge in [0.05, 0.1) is 16.8 Å². The molecule has 0 aliphatic heterocycles. The minimum Gasteiger partial charge on any atom is -0.478 e. The lowest BCUT2D eigenvalue weighted by atomic mass is 10.1. The minimum absolute atomic E-state index is 0.0274. The second-order valence-corrected chi connectivity index (χ2v) is 6.60. The summed E-state index contributed by atoms with van der Waals surface area (Å²) in [7, 11) is 0. The van der Waals surface area contributed by atoms with Gasteiger partial charge >= 0.3 is 5.97 Å². The lowest BCUT2D eigenvalue weighted by molar-refractivity contribution is 0.0697. The Labute approximate surface area is 168 Å². The first-order valence-corrected chi connectivity index (χ1v) is 8.70. The number of anilines is 1. The van der Waals surface area contributed by atoms with Crippen molar-refractivity contribution in [1.29, 1.82) is 0 Å². The standard InChI is InChI=1S/C8H5Cl2NO2S.C8H8ClNO2/c1-4-2-5(9)3-6(8(10)12)7(4)11-14-13;1-4-2-5(9)3-6(7(4)10)8(11)12/h2-3H,1H3;2-3H,10H2,1H3,(H,11,12). The van der Waals surface area contributed by atoms with Crippen molar-refractivity contribution in [2.75, 3.05) is 5.73 Å². The Hall–Kier alpha value is -1.93. The summed E-state index contributed by atoms with van der Waals surface area (Å²) in [5, 5.41) is 8.78. The molecule has 0 bridgehead atoms. The largest absolute Gasteiger partial charge is 0.478 e. The smallest absolute Gasteiger partial charge is 0.337 e. The number of nitrogen functional groups attached to an aromatic ring is 1. The van der Waals surface area contributed by atoms with E-state index in [9.17, 15) is 13.8 Å². The van der Waals surface area contributed by atoms with Crippen molar-refractivity contribution in [2.24, 2.45) is 4.36 Å². The molecule has 138 valence electrons. The molecule has 0 unspecified atom stereocenters. The molecule has 10 heteroatoms. The summed E-state index contributed by atoms with van der Waals surface area (Å²) >= 11 is 16.7. The molecule has 0 saturated heterocycles. The van der Waals surface area contributed by atoms with E-state index in [0.717, 1.165) is 0 Å². The number of hydrogen-bond donors (Lipinski definition) is 2. The van der Waals surface area contributed by atoms with Gasteiger partial charge in [-0.05, 0) is 60.8 Å². The number of nitrogens with two attached hydrogens (primary N) is 1. The summed E-state index contributed by atoms with van der Waals surface area (Å²) < 4.78 is 13.8. The zero-order valence-corrected chi connectivity index (χ0v) is 16.6. The van der Waals surface area contributed by atoms with Gasteiger partial charge in [0.2, 0.25) is 11.5 Å². The summed E-state index contributed by atoms with van der Waals surface area (Å²) in [6, 6.07) is 5.97. The van der Waals surface area contributed by atoms with E-state index in [1.165, 1.54) is 12.1 Å². The van der Waals surface area contributed by atoms with Gasteiger partial charge in [-0.1, -0.05) is 23.2 Å². The molecule has 0 heterocycles. The number of carboxylic acid groups (broad SMARTS) is 1. The summed E-state index contributed by atoms with van der Waals surface area (Å²) in [4.78, 5) is 21.6. The van der Waals surface area contributed by atoms with E-state index in [1.807, 2.05) is 0 Å². The van der Waals surface area contributed by atoms with E-state index >= 15 is 0 Å². The van der Waals surface area contributed by atoms with Crippen molar-refractivity contribution >= 4 is 68.9 Å². The quantitative estimate of drug-likeness (QED) is 0.521. The van der Waals surface area contributed by atoms with Crippen LogP contribution in [0.15, 0.2) is 28.6 Å². The number of aromatic carboxylic acids is 1. The van der Waals surface area contributed by atoms with Gasteiger partial charge in [0.25, 0.3) is 5.24 Å². The SMILES string of the molecule is Cc1cc(Cl)cc(C(=O)Cl)c1N=S=O.Cc1cc(Cl)cc(C(=O)O)c1N. The highest BCUT2D eigenvalue weighted by Crippen LogP contribution is 2.29. The summed E-state index contributed by atoms with van der Waals surface area (Å²) in [6.07, 6.45) is 0. The maximum Gasteiger partial charge on any atom is 0.337 e. The number of aryl methyl sites for hydroxylation is 2. The van der Waals surface area contributed by atoms with Crippen LogP contribution in [0.25, 0.3) is 0 Å². The van der Waals surface area contributed by atoms with Crippen molar-refractivity contribution in [3.8, 4) is 0 Å². The van der Waals surface area contributed by atoms with Crippen molar-refractivity contribution in [3.63, 3.8) is 0 Å². The van der Waals surface area contributed by atoms with Crippen molar-refractivity contribution in [1.82, 2.24) is 0 Å². The van der Waals surface area contributed by atoms with E-state index in [2.05, 4.69) is 4.36 Å². The molecule has 0 fully saturated rings. The topological polar surface area (TPSA) is 110 Å². The molecule has 26 heavy (non-hydrogen) atoms. The first-order valence-electron chi connectivity index (χ1n) is 6.87. The first-order chi connectivity index (χ1) is 12.1. The first kappa shape index (κ1) is 22.1. The Bertz CT molecular complexity index is 928. The van der Waals surface area contributed by atoms with Gasteiger partial charge in [-0.15, -0.1) is 0 Å². The summed E-state index contributed by atoms with van der Waals surface area (Å²) in [5.74, 6) is -1.06. The fraction of sp³-hybridized carbons (Fsp3) is 0.125. The maximum atomic E-state index is 11.0. The number of halogens is 3. The molecule has 0 aliphatic rings. The Morgan fingerprint density at radius 3 is 2.00 bits per heavy atom. The number of rotatable bonds is 3. The van der Waals surface area contributed by atoms with Crippen LogP contribution < -0.4 is 5.73 Å². The monoisotopic (exact) mass is 434 g/mol. The molecule has 0 radical (unpaired) electrons. The van der Waals surface area contributed by atoms with Gasteiger partial charge in [0.15, 0.2) is 0 Å². The van der Waals surface area contributed by atoms with Gasteiger partial charge in [-0.25, -0.2) is 4.79 Å². The van der Waals surface area contributed by atoms with Crippen LogP contribution in [0.2, 0.25) is 10.0 Å². The third-order valence-corrected chi connectivity index (χ3v) is 4.08. The molecule has 2 aromatic rings. The van der Waals surface area contributed by atoms with E-state index in [-0.39, 0.29) is 34.0 Å². The lowest BCUT2D eigenvalue weighted by Crippen LogP contribution is -2.03. The third-order valence-electron chi connectivity index (χ3n) is 3.19. The highest BCUT2D eigenvalue weighted by Gasteiger charge is 2.12. The van der Waals surface area contributed by atoms with Crippen LogP contribution in [-0.2, 0) is 11.5 Å². The highest BCUT2D eigenvalue weighted by atomic mass is 35.5. The zero-order chi connectivity index (χ0) is 20.0. The van der Waals surface area contributed by atoms with Crippen LogP contribution in [0.1, 0.15) is 31.8 Å². The zero-order valence-electron chi connectivity index (χ0n) is 13.5. The molecular weight excluding hydrogens is 423 g/mol. The lowest BCUT2D eigenvalue weighted by Gasteiger charge is -2.04. The van der Waals surface area contributed by atoms with Gasteiger partial charge in [0, 0.05) is 15.7 Å². The Kier molecular flexibility index (Phi) is 8.23. The molecule has 0 atom stereocenters. The number of carboxylic acids is 1. The Morgan fingerprint density at radius 1 is 1.04 bits per heavy atom. The van der Waals surface area contributed by atoms with Crippen LogP contribution in [0.5, 0.6) is 0 Å². The second kappa shape index (κ2) is 9.68. The highest BCUT2D eigenvalue weighted by molar-refractivity contribution is 7.54. The van der Waals surface area contributed by atoms with E-state index in [4.69, 9.17) is 45.6 Å². The predicted molar refractivity (Wildman–Crippen MR) is 104 cm³/mol. The number of carbonyl (C=O) groups is 2. The van der Waals surface area contributed by atoms with Crippen molar-refractivity contribution < 1.29 is 18.9 Å². The molecule has 6 nitrogen and oxygen atoms in total. The van der Waals surface area contributed by atoms with Gasteiger partial charge in [-0.3, -0.25) is 4.79 Å². The Balaban J connectivity index is 0.000000263. The van der Waals surface area contributed by atoms with Crippen LogP contribution in [-0.4, -0.2) is 20.5 Å². The van der Waals surface area contributed by atoms with E-state index < -0.39 is 11.2 Å². The molecule has 0 saturated carbocycles. The molecule has 3 N–H and O–H groups in total. The van der Waals surface area contributed by atoms with Crippen LogP contribution in [0.3, 0.4) is 0 Å². The predicted octanol–water partition coefficient (Wildman–Crippen LogP) is 4.98. The van der Waals surface area contributed by atoms with Crippen molar-refractivity contribution in [2.45, 2.75) is 13.8 Å². The van der Waals surface area contributed by atoms with E-state index in [0.29, 0.717) is 21.2 Å². The summed E-state index contributed by atoms with van der Waals surface area (Å²) in [5.41, 5.74) is 7.60. The fourth-order valence-corrected chi connectivity index (χ4v) is 2.98. The molecule has 2 aromatic carbocycles. The molecule has 0 spiro atoms. The fourth-order valence-electron chi connectivity index (χ4n) is 1.98. The summed E-state index contributed by atoms with van der Waals surface area (Å²) in [6.45, 7) is 3.41. The number of benzene rings is 2. The van der Waals surface area contributed by atoms with Gasteiger partial charge in [0.1, 0.15) is 0 Å². The van der Waals surface area contributed by atoms with Crippen LogP contribution in [0, 0.1) is 13.8 Å². The number of nitrogens with zero attached hydrogens (tertiary/aromatic N) is 1. The van der Waals surface area contributed by atoms with Gasteiger partial charge in [-0.2, -0.15) is 8.57 Å². The van der Waals surface area contributed by atoms with Crippen LogP contribution in [0.4, 0.5) is 11.4 Å². The minimum atomic E-state index is -1.06. The van der Waals surface area contributed by atoms with E-state index in [1.54, 1.807) is 26.0 Å². The molecule has 2 rings (SSSR count). The normalized spacial score (nSPS) is 9.73. The molecular formula is C16H13Cl3N2O4S. The molecule has 0 aliphatic carbocycles. The average molecular weight is 436 g/mol. The second-order valence-electron chi connectivity index (χ2n) is 5.05. The van der Waals surface area contributed by atoms with Crippen LogP contribution >= 0.6 is 34.8 Å². The molecule has 0 aromatic heterocycles. The van der Waals surface area contributed by atoms with Gasteiger partial charge < -0.3 is 10.8 Å². The molecule has 0 amide bonds.